The lowest BCUT2D eigenvalue weighted by Crippen LogP contribution is -2.99. The van der Waals surface area contributed by atoms with Crippen molar-refractivity contribution in [3.63, 3.8) is 0 Å². The summed E-state index contributed by atoms with van der Waals surface area (Å²) in [7, 11) is 0. The van der Waals surface area contributed by atoms with Crippen LogP contribution in [0.5, 0.6) is 0 Å². The van der Waals surface area contributed by atoms with Crippen molar-refractivity contribution in [1.82, 2.24) is 10.6 Å². The Balaban J connectivity index is 2.95. The summed E-state index contributed by atoms with van der Waals surface area (Å²) in [5.74, 6) is -0.793. The van der Waals surface area contributed by atoms with Gasteiger partial charge in [0.2, 0.25) is 5.91 Å². The molecule has 0 radical (unpaired) electrons. The summed E-state index contributed by atoms with van der Waals surface area (Å²) in [4.78, 5) is 24.8. The van der Waals surface area contributed by atoms with Crippen molar-refractivity contribution in [2.45, 2.75) is 46.2 Å². The second kappa shape index (κ2) is 7.54. The fourth-order valence-electron chi connectivity index (χ4n) is 1.95. The van der Waals surface area contributed by atoms with Crippen molar-refractivity contribution in [3.8, 4) is 0 Å². The first kappa shape index (κ1) is 19.1. The first-order valence-corrected chi connectivity index (χ1v) is 7.54. The van der Waals surface area contributed by atoms with Crippen molar-refractivity contribution in [2.24, 2.45) is 5.92 Å². The SMILES string of the molecule is CC(C)NC(=O)[C@@](C)(NC(=O)c1ccc([NH+]([O-])O)cc1)C(C)C. The van der Waals surface area contributed by atoms with E-state index in [0.717, 1.165) is 0 Å². The minimum atomic E-state index is -1.06. The summed E-state index contributed by atoms with van der Waals surface area (Å²) in [5.41, 5.74) is -0.655. The van der Waals surface area contributed by atoms with E-state index >= 15 is 0 Å². The maximum Gasteiger partial charge on any atom is 0.252 e. The van der Waals surface area contributed by atoms with Gasteiger partial charge in [0, 0.05) is 23.7 Å². The fourth-order valence-corrected chi connectivity index (χ4v) is 1.95. The zero-order valence-electron chi connectivity index (χ0n) is 14.1. The molecule has 0 fully saturated rings. The Bertz CT molecular complexity index is 555. The average molecular weight is 323 g/mol. The van der Waals surface area contributed by atoms with Crippen molar-refractivity contribution in [1.29, 1.82) is 0 Å². The third-order valence-corrected chi connectivity index (χ3v) is 3.81. The van der Waals surface area contributed by atoms with Gasteiger partial charge >= 0.3 is 0 Å². The number of benzene rings is 1. The molecule has 7 nitrogen and oxygen atoms in total. The predicted octanol–water partition coefficient (Wildman–Crippen LogP) is 0.759. The summed E-state index contributed by atoms with van der Waals surface area (Å²) in [6.07, 6.45) is 0. The Kier molecular flexibility index (Phi) is 6.26. The number of quaternary nitrogens is 1. The van der Waals surface area contributed by atoms with E-state index in [1.165, 1.54) is 24.3 Å². The van der Waals surface area contributed by atoms with Crippen molar-refractivity contribution >= 4 is 17.5 Å². The van der Waals surface area contributed by atoms with E-state index in [4.69, 9.17) is 5.21 Å². The normalized spacial score (nSPS) is 15.2. The van der Waals surface area contributed by atoms with Gasteiger partial charge in [-0.25, -0.2) is 5.21 Å². The van der Waals surface area contributed by atoms with Crippen molar-refractivity contribution in [2.75, 3.05) is 0 Å². The second-order valence-corrected chi connectivity index (χ2v) is 6.32. The van der Waals surface area contributed by atoms with E-state index in [1.807, 2.05) is 27.7 Å². The highest BCUT2D eigenvalue weighted by molar-refractivity contribution is 5.99. The van der Waals surface area contributed by atoms with Gasteiger partial charge in [0.1, 0.15) is 5.54 Å². The quantitative estimate of drug-likeness (QED) is 0.580. The summed E-state index contributed by atoms with van der Waals surface area (Å²) in [5, 5.41) is 24.2. The molecular weight excluding hydrogens is 298 g/mol. The van der Waals surface area contributed by atoms with Crippen LogP contribution in [0.15, 0.2) is 24.3 Å². The van der Waals surface area contributed by atoms with Gasteiger partial charge in [0.05, 0.1) is 0 Å². The molecule has 7 heteroatoms. The van der Waals surface area contributed by atoms with Crippen LogP contribution < -0.4 is 15.9 Å². The van der Waals surface area contributed by atoms with E-state index in [0.29, 0.717) is 5.56 Å². The van der Waals surface area contributed by atoms with Gasteiger partial charge < -0.3 is 15.8 Å². The van der Waals surface area contributed by atoms with Crippen LogP contribution in [0.2, 0.25) is 0 Å². The molecule has 0 heterocycles. The highest BCUT2D eigenvalue weighted by Crippen LogP contribution is 2.18. The van der Waals surface area contributed by atoms with Crippen LogP contribution >= 0.6 is 0 Å². The van der Waals surface area contributed by atoms with Crippen LogP contribution in [0.25, 0.3) is 0 Å². The van der Waals surface area contributed by atoms with Gasteiger partial charge in [-0.2, -0.15) is 5.23 Å². The molecule has 2 atom stereocenters. The molecule has 0 aromatic heterocycles. The monoisotopic (exact) mass is 323 g/mol. The lowest BCUT2D eigenvalue weighted by molar-refractivity contribution is -0.991. The maximum atomic E-state index is 12.4. The number of rotatable bonds is 6. The zero-order chi connectivity index (χ0) is 17.8. The maximum absolute atomic E-state index is 12.4. The lowest BCUT2D eigenvalue weighted by atomic mass is 9.86. The first-order chi connectivity index (χ1) is 10.6. The predicted molar refractivity (Wildman–Crippen MR) is 86.2 cm³/mol. The molecule has 0 saturated carbocycles. The average Bonchev–Trinajstić information content (AvgIpc) is 2.46. The largest absolute Gasteiger partial charge is 0.595 e. The van der Waals surface area contributed by atoms with Crippen molar-refractivity contribution < 1.29 is 20.0 Å². The molecule has 0 aliphatic heterocycles. The molecular formula is C16H25N3O4. The Labute approximate surface area is 136 Å². The van der Waals surface area contributed by atoms with Crippen LogP contribution in [0, 0.1) is 11.1 Å². The fraction of sp³-hybridized carbons (Fsp3) is 0.500. The van der Waals surface area contributed by atoms with Gasteiger partial charge in [-0.15, -0.1) is 0 Å². The van der Waals surface area contributed by atoms with E-state index in [-0.39, 0.29) is 23.6 Å². The van der Waals surface area contributed by atoms with Gasteiger partial charge in [-0.3, -0.25) is 9.59 Å². The second-order valence-electron chi connectivity index (χ2n) is 6.32. The molecule has 1 rings (SSSR count). The van der Waals surface area contributed by atoms with E-state index < -0.39 is 16.7 Å². The van der Waals surface area contributed by atoms with Crippen LogP contribution in [0.3, 0.4) is 0 Å². The molecule has 128 valence electrons. The van der Waals surface area contributed by atoms with Crippen LogP contribution in [0.1, 0.15) is 45.0 Å². The van der Waals surface area contributed by atoms with Gasteiger partial charge in [-0.1, -0.05) is 13.8 Å². The Morgan fingerprint density at radius 1 is 1.17 bits per heavy atom. The molecule has 23 heavy (non-hydrogen) atoms. The molecule has 0 aliphatic rings. The minimum absolute atomic E-state index is 0.0349. The Morgan fingerprint density at radius 3 is 2.09 bits per heavy atom. The van der Waals surface area contributed by atoms with Gasteiger partial charge in [0.25, 0.3) is 5.91 Å². The highest BCUT2D eigenvalue weighted by Gasteiger charge is 2.38. The number of hydrogen-bond acceptors (Lipinski definition) is 4. The van der Waals surface area contributed by atoms with Gasteiger partial charge in [-0.05, 0) is 38.8 Å². The summed E-state index contributed by atoms with van der Waals surface area (Å²) in [6.45, 7) is 9.09. The van der Waals surface area contributed by atoms with E-state index in [2.05, 4.69) is 10.6 Å². The molecule has 0 saturated heterocycles. The number of amides is 2. The zero-order valence-corrected chi connectivity index (χ0v) is 14.1. The van der Waals surface area contributed by atoms with Crippen LogP contribution in [0.4, 0.5) is 5.69 Å². The van der Waals surface area contributed by atoms with E-state index in [1.54, 1.807) is 6.92 Å². The molecule has 4 N–H and O–H groups in total. The van der Waals surface area contributed by atoms with Gasteiger partial charge in [0.15, 0.2) is 5.69 Å². The smallest absolute Gasteiger partial charge is 0.252 e. The molecule has 1 aromatic carbocycles. The lowest BCUT2D eigenvalue weighted by Gasteiger charge is -2.34. The Morgan fingerprint density at radius 2 is 1.70 bits per heavy atom. The summed E-state index contributed by atoms with van der Waals surface area (Å²) in [6, 6.07) is 5.54. The van der Waals surface area contributed by atoms with Crippen molar-refractivity contribution in [3.05, 3.63) is 35.0 Å². The first-order valence-electron chi connectivity index (χ1n) is 7.54. The van der Waals surface area contributed by atoms with Crippen LogP contribution in [-0.2, 0) is 4.79 Å². The number of carbonyl (C=O) groups excluding carboxylic acids is 2. The third kappa shape index (κ3) is 4.75. The molecule has 2 amide bonds. The van der Waals surface area contributed by atoms with E-state index in [9.17, 15) is 14.8 Å². The topological polar surface area (TPSA) is 106 Å². The molecule has 1 unspecified atom stereocenters. The number of nitrogens with one attached hydrogen (secondary N) is 3. The summed E-state index contributed by atoms with van der Waals surface area (Å²) >= 11 is 0. The Hall–Kier alpha value is -1.96. The molecule has 0 bridgehead atoms. The molecule has 0 aliphatic carbocycles. The molecule has 0 spiro atoms. The highest BCUT2D eigenvalue weighted by atomic mass is 16.8. The third-order valence-electron chi connectivity index (χ3n) is 3.81. The number of carbonyl (C=O) groups is 2. The summed E-state index contributed by atoms with van der Waals surface area (Å²) < 4.78 is 0. The number of hydrogen-bond donors (Lipinski definition) is 4. The molecule has 1 aromatic rings. The minimum Gasteiger partial charge on any atom is -0.595 e. The standard InChI is InChI=1S/C16H25N3O4/c1-10(2)16(5,15(21)17-11(3)4)18-14(20)12-6-8-13(9-7-12)19(22)23/h6-11,19,22H,1-5H3,(H,17,21)(H,18,20)/t16-/m0/s1. The van der Waals surface area contributed by atoms with Crippen LogP contribution in [-0.4, -0.2) is 28.6 Å².